The number of anilines is 1. The standard InChI is InChI=1S/C14H11ClF3NOS/c15-10-3-6-13(12(19)7-10)21-8-9-1-4-11(5-2-9)20-14(16,17)18/h1-7H,8,19H2. The third-order valence-corrected chi connectivity index (χ3v) is 3.92. The second-order valence-corrected chi connectivity index (χ2v) is 5.62. The Bertz CT molecular complexity index is 617. The van der Waals surface area contributed by atoms with Gasteiger partial charge in [0.25, 0.3) is 0 Å². The molecule has 2 nitrogen and oxygen atoms in total. The van der Waals surface area contributed by atoms with Gasteiger partial charge in [-0.1, -0.05) is 23.7 Å². The van der Waals surface area contributed by atoms with Crippen LogP contribution in [0.3, 0.4) is 0 Å². The van der Waals surface area contributed by atoms with Crippen LogP contribution in [0.25, 0.3) is 0 Å². The van der Waals surface area contributed by atoms with Gasteiger partial charge in [-0.15, -0.1) is 24.9 Å². The Labute approximate surface area is 129 Å². The Balaban J connectivity index is 1.97. The summed E-state index contributed by atoms with van der Waals surface area (Å²) in [6, 6.07) is 10.9. The number of rotatable bonds is 4. The number of halogens is 4. The number of nitrogen functional groups attached to an aromatic ring is 1. The molecule has 0 spiro atoms. The summed E-state index contributed by atoms with van der Waals surface area (Å²) in [7, 11) is 0. The van der Waals surface area contributed by atoms with Crippen molar-refractivity contribution in [2.45, 2.75) is 17.0 Å². The van der Waals surface area contributed by atoms with E-state index in [0.29, 0.717) is 16.5 Å². The Morgan fingerprint density at radius 2 is 1.76 bits per heavy atom. The molecule has 0 radical (unpaired) electrons. The number of benzene rings is 2. The Kier molecular flexibility index (Phi) is 4.90. The highest BCUT2D eigenvalue weighted by atomic mass is 35.5. The predicted octanol–water partition coefficient (Wildman–Crippen LogP) is 5.11. The van der Waals surface area contributed by atoms with Gasteiger partial charge >= 0.3 is 6.36 Å². The van der Waals surface area contributed by atoms with Crippen LogP contribution in [-0.2, 0) is 5.75 Å². The molecule has 0 saturated carbocycles. The van der Waals surface area contributed by atoms with Gasteiger partial charge in [-0.2, -0.15) is 0 Å². The first-order valence-corrected chi connectivity index (χ1v) is 7.22. The molecule has 112 valence electrons. The highest BCUT2D eigenvalue weighted by Crippen LogP contribution is 2.31. The van der Waals surface area contributed by atoms with Gasteiger partial charge in [0.2, 0.25) is 0 Å². The van der Waals surface area contributed by atoms with Gasteiger partial charge in [0, 0.05) is 21.4 Å². The fraction of sp³-hybridized carbons (Fsp3) is 0.143. The summed E-state index contributed by atoms with van der Waals surface area (Å²) in [5.41, 5.74) is 7.27. The number of nitrogens with two attached hydrogens (primary N) is 1. The Morgan fingerprint density at radius 1 is 1.10 bits per heavy atom. The molecule has 0 bridgehead atoms. The number of thioether (sulfide) groups is 1. The molecule has 21 heavy (non-hydrogen) atoms. The van der Waals surface area contributed by atoms with E-state index in [9.17, 15) is 13.2 Å². The van der Waals surface area contributed by atoms with Crippen LogP contribution in [0.5, 0.6) is 5.75 Å². The molecule has 2 N–H and O–H groups in total. The summed E-state index contributed by atoms with van der Waals surface area (Å²) in [5, 5.41) is 0.561. The number of hydrogen-bond acceptors (Lipinski definition) is 3. The molecular formula is C14H11ClF3NOS. The number of hydrogen-bond donors (Lipinski definition) is 1. The molecule has 0 heterocycles. The third kappa shape index (κ3) is 5.06. The van der Waals surface area contributed by atoms with Crippen LogP contribution in [0, 0.1) is 0 Å². The molecule has 0 aliphatic carbocycles. The molecule has 0 unspecified atom stereocenters. The van der Waals surface area contributed by atoms with E-state index in [1.165, 1.54) is 23.9 Å². The number of alkyl halides is 3. The van der Waals surface area contributed by atoms with Gasteiger partial charge in [0.1, 0.15) is 5.75 Å². The van der Waals surface area contributed by atoms with Crippen LogP contribution in [0.15, 0.2) is 47.4 Å². The molecule has 7 heteroatoms. The largest absolute Gasteiger partial charge is 0.573 e. The SMILES string of the molecule is Nc1cc(Cl)ccc1SCc1ccc(OC(F)(F)F)cc1. The van der Waals surface area contributed by atoms with E-state index in [1.54, 1.807) is 24.3 Å². The third-order valence-electron chi connectivity index (χ3n) is 2.52. The van der Waals surface area contributed by atoms with Crippen LogP contribution in [-0.4, -0.2) is 6.36 Å². The lowest BCUT2D eigenvalue weighted by molar-refractivity contribution is -0.274. The van der Waals surface area contributed by atoms with Gasteiger partial charge in [0.05, 0.1) is 0 Å². The predicted molar refractivity (Wildman–Crippen MR) is 78.6 cm³/mol. The summed E-state index contributed by atoms with van der Waals surface area (Å²) in [6.07, 6.45) is -4.67. The average Bonchev–Trinajstić information content (AvgIpc) is 2.38. The Hall–Kier alpha value is -1.53. The van der Waals surface area contributed by atoms with Crippen molar-refractivity contribution >= 4 is 29.1 Å². The van der Waals surface area contributed by atoms with Gasteiger partial charge in [0.15, 0.2) is 0 Å². The first-order chi connectivity index (χ1) is 9.83. The zero-order chi connectivity index (χ0) is 15.5. The maximum Gasteiger partial charge on any atom is 0.573 e. The minimum absolute atomic E-state index is 0.234. The molecule has 0 atom stereocenters. The van der Waals surface area contributed by atoms with Crippen LogP contribution in [0.4, 0.5) is 18.9 Å². The maximum atomic E-state index is 12.0. The quantitative estimate of drug-likeness (QED) is 0.623. The molecule has 0 aliphatic rings. The molecule has 0 saturated heterocycles. The van der Waals surface area contributed by atoms with Crippen molar-refractivity contribution in [2.24, 2.45) is 0 Å². The second-order valence-electron chi connectivity index (χ2n) is 4.16. The topological polar surface area (TPSA) is 35.2 Å². The summed E-state index contributed by atoms with van der Waals surface area (Å²) >= 11 is 7.29. The monoisotopic (exact) mass is 333 g/mol. The minimum atomic E-state index is -4.67. The van der Waals surface area contributed by atoms with Gasteiger partial charge in [-0.3, -0.25) is 0 Å². The molecule has 0 amide bonds. The molecule has 0 aliphatic heterocycles. The van der Waals surface area contributed by atoms with Crippen molar-refractivity contribution in [3.05, 3.63) is 53.1 Å². The molecule has 2 aromatic carbocycles. The highest BCUT2D eigenvalue weighted by Gasteiger charge is 2.30. The summed E-state index contributed by atoms with van der Waals surface area (Å²) in [4.78, 5) is 0.870. The van der Waals surface area contributed by atoms with E-state index >= 15 is 0 Å². The van der Waals surface area contributed by atoms with Crippen molar-refractivity contribution < 1.29 is 17.9 Å². The van der Waals surface area contributed by atoms with E-state index in [4.69, 9.17) is 17.3 Å². The van der Waals surface area contributed by atoms with Crippen molar-refractivity contribution in [3.8, 4) is 5.75 Å². The zero-order valence-corrected chi connectivity index (χ0v) is 12.2. The first kappa shape index (κ1) is 15.9. The Morgan fingerprint density at radius 3 is 2.33 bits per heavy atom. The normalized spacial score (nSPS) is 11.4. The van der Waals surface area contributed by atoms with E-state index in [-0.39, 0.29) is 5.75 Å². The summed E-state index contributed by atoms with van der Waals surface area (Å²) in [5.74, 6) is 0.347. The van der Waals surface area contributed by atoms with E-state index in [2.05, 4.69) is 4.74 Å². The van der Waals surface area contributed by atoms with Gasteiger partial charge < -0.3 is 10.5 Å². The van der Waals surface area contributed by atoms with Crippen molar-refractivity contribution in [2.75, 3.05) is 5.73 Å². The minimum Gasteiger partial charge on any atom is -0.406 e. The molecule has 0 fully saturated rings. The fourth-order valence-corrected chi connectivity index (χ4v) is 2.68. The fourth-order valence-electron chi connectivity index (χ4n) is 1.60. The maximum absolute atomic E-state index is 12.0. The van der Waals surface area contributed by atoms with E-state index in [1.807, 2.05) is 6.07 Å². The van der Waals surface area contributed by atoms with E-state index < -0.39 is 6.36 Å². The molecule has 0 aromatic heterocycles. The lowest BCUT2D eigenvalue weighted by atomic mass is 10.2. The summed E-state index contributed by atoms with van der Waals surface area (Å²) < 4.78 is 39.9. The van der Waals surface area contributed by atoms with Crippen LogP contribution in [0.2, 0.25) is 5.02 Å². The van der Waals surface area contributed by atoms with Crippen molar-refractivity contribution in [1.82, 2.24) is 0 Å². The summed E-state index contributed by atoms with van der Waals surface area (Å²) in [6.45, 7) is 0. The highest BCUT2D eigenvalue weighted by molar-refractivity contribution is 7.98. The first-order valence-electron chi connectivity index (χ1n) is 5.86. The second kappa shape index (κ2) is 6.49. The van der Waals surface area contributed by atoms with Crippen LogP contribution in [0.1, 0.15) is 5.56 Å². The van der Waals surface area contributed by atoms with Gasteiger partial charge in [-0.25, -0.2) is 0 Å². The van der Waals surface area contributed by atoms with Crippen LogP contribution < -0.4 is 10.5 Å². The van der Waals surface area contributed by atoms with Gasteiger partial charge in [-0.05, 0) is 35.9 Å². The van der Waals surface area contributed by atoms with Crippen molar-refractivity contribution in [3.63, 3.8) is 0 Å². The van der Waals surface area contributed by atoms with Crippen LogP contribution >= 0.6 is 23.4 Å². The smallest absolute Gasteiger partial charge is 0.406 e. The zero-order valence-electron chi connectivity index (χ0n) is 10.7. The lowest BCUT2D eigenvalue weighted by Crippen LogP contribution is -2.16. The average molecular weight is 334 g/mol. The number of ether oxygens (including phenoxy) is 1. The van der Waals surface area contributed by atoms with E-state index in [0.717, 1.165) is 10.5 Å². The molecular weight excluding hydrogens is 323 g/mol. The van der Waals surface area contributed by atoms with Crippen molar-refractivity contribution in [1.29, 1.82) is 0 Å². The molecule has 2 aromatic rings. The lowest BCUT2D eigenvalue weighted by Gasteiger charge is -2.09. The molecule has 2 rings (SSSR count).